The van der Waals surface area contributed by atoms with Gasteiger partial charge in [0.1, 0.15) is 0 Å². The van der Waals surface area contributed by atoms with Gasteiger partial charge in [-0.2, -0.15) is 0 Å². The lowest BCUT2D eigenvalue weighted by Gasteiger charge is -2.15. The zero-order valence-electron chi connectivity index (χ0n) is 19.6. The maximum atomic E-state index is 11.9. The second kappa shape index (κ2) is 23.4. The normalized spacial score (nSPS) is 13.6. The summed E-state index contributed by atoms with van der Waals surface area (Å²) in [6, 6.07) is 0. The molecule has 1 atom stereocenters. The van der Waals surface area contributed by atoms with Crippen LogP contribution in [0.2, 0.25) is 0 Å². The highest BCUT2D eigenvalue weighted by Gasteiger charge is 2.19. The molecule has 0 bridgehead atoms. The van der Waals surface area contributed by atoms with Gasteiger partial charge in [0.2, 0.25) is 0 Å². The minimum atomic E-state index is -0.404. The van der Waals surface area contributed by atoms with Gasteiger partial charge in [0.15, 0.2) is 6.10 Å². The van der Waals surface area contributed by atoms with Crippen LogP contribution in [0.3, 0.4) is 0 Å². The van der Waals surface area contributed by atoms with Crippen molar-refractivity contribution >= 4 is 5.97 Å². The lowest BCUT2D eigenvalue weighted by molar-refractivity contribution is -0.157. The summed E-state index contributed by atoms with van der Waals surface area (Å²) in [5, 5.41) is 0. The number of carbonyl (C=O) groups is 1. The molecular formula is C27H44O3. The Labute approximate surface area is 185 Å². The Kier molecular flexibility index (Phi) is 22.0. The van der Waals surface area contributed by atoms with Crippen molar-refractivity contribution in [3.05, 3.63) is 60.8 Å². The molecule has 0 fully saturated rings. The molecule has 0 N–H and O–H groups in total. The molecule has 0 aliphatic heterocycles. The molecule has 0 saturated carbocycles. The SMILES string of the molecule is CCC=CCC=CCC=CCC=CCC=CCCCCC(OCCC)C(=O)OCC. The Balaban J connectivity index is 3.74. The quantitative estimate of drug-likeness (QED) is 0.123. The van der Waals surface area contributed by atoms with Gasteiger partial charge in [-0.1, -0.05) is 74.6 Å². The van der Waals surface area contributed by atoms with Gasteiger partial charge in [-0.15, -0.1) is 0 Å². The molecule has 0 spiro atoms. The molecule has 3 nitrogen and oxygen atoms in total. The lowest BCUT2D eigenvalue weighted by Crippen LogP contribution is -2.27. The van der Waals surface area contributed by atoms with Crippen LogP contribution in [0.5, 0.6) is 0 Å². The molecule has 0 aliphatic rings. The molecule has 0 aliphatic carbocycles. The minimum absolute atomic E-state index is 0.221. The number of ether oxygens (including phenoxy) is 2. The molecule has 0 aromatic rings. The van der Waals surface area contributed by atoms with E-state index in [0.29, 0.717) is 13.2 Å². The Hall–Kier alpha value is -1.87. The molecule has 0 amide bonds. The van der Waals surface area contributed by atoms with E-state index < -0.39 is 6.10 Å². The van der Waals surface area contributed by atoms with Gasteiger partial charge < -0.3 is 9.47 Å². The second-order valence-corrected chi connectivity index (χ2v) is 7.10. The molecule has 3 heteroatoms. The first kappa shape index (κ1) is 28.1. The van der Waals surface area contributed by atoms with Crippen LogP contribution in [0.4, 0.5) is 0 Å². The lowest BCUT2D eigenvalue weighted by atomic mass is 10.1. The summed E-state index contributed by atoms with van der Waals surface area (Å²) in [4.78, 5) is 11.9. The summed E-state index contributed by atoms with van der Waals surface area (Å²) in [5.74, 6) is -0.221. The van der Waals surface area contributed by atoms with Crippen molar-refractivity contribution < 1.29 is 14.3 Å². The molecular weight excluding hydrogens is 372 g/mol. The number of carbonyl (C=O) groups excluding carboxylic acids is 1. The highest BCUT2D eigenvalue weighted by Crippen LogP contribution is 2.10. The van der Waals surface area contributed by atoms with Crippen LogP contribution >= 0.6 is 0 Å². The number of hydrogen-bond acceptors (Lipinski definition) is 3. The molecule has 0 heterocycles. The zero-order valence-corrected chi connectivity index (χ0v) is 19.6. The number of hydrogen-bond donors (Lipinski definition) is 0. The van der Waals surface area contributed by atoms with E-state index in [4.69, 9.17) is 9.47 Å². The molecule has 0 radical (unpaired) electrons. The first-order chi connectivity index (χ1) is 14.8. The van der Waals surface area contributed by atoms with E-state index in [-0.39, 0.29) is 5.97 Å². The third kappa shape index (κ3) is 19.4. The van der Waals surface area contributed by atoms with Crippen LogP contribution in [-0.4, -0.2) is 25.3 Å². The van der Waals surface area contributed by atoms with E-state index in [9.17, 15) is 4.79 Å². The number of rotatable bonds is 19. The Morgan fingerprint density at radius 2 is 1.27 bits per heavy atom. The summed E-state index contributed by atoms with van der Waals surface area (Å²) < 4.78 is 10.7. The predicted molar refractivity (Wildman–Crippen MR) is 130 cm³/mol. The number of unbranched alkanes of at least 4 members (excludes halogenated alkanes) is 2. The van der Waals surface area contributed by atoms with Crippen molar-refractivity contribution in [2.45, 2.75) is 91.1 Å². The molecule has 1 unspecified atom stereocenters. The van der Waals surface area contributed by atoms with Gasteiger partial charge in [-0.25, -0.2) is 4.79 Å². The van der Waals surface area contributed by atoms with E-state index in [1.165, 1.54) is 0 Å². The highest BCUT2D eigenvalue weighted by molar-refractivity contribution is 5.74. The molecule has 30 heavy (non-hydrogen) atoms. The standard InChI is InChI=1S/C27H44O3/c1-4-7-8-9-10-11-12-13-14-15-16-17-18-19-20-21-22-23-24-26(30-25-5-2)27(28)29-6-3/h7-8,10-11,13-14,16-17,19-20,26H,4-6,9,12,15,18,21-25H2,1-3H3. The van der Waals surface area contributed by atoms with Crippen LogP contribution in [-0.2, 0) is 14.3 Å². The fraction of sp³-hybridized carbons (Fsp3) is 0.593. The summed E-state index contributed by atoms with van der Waals surface area (Å²) >= 11 is 0. The first-order valence-electron chi connectivity index (χ1n) is 11.8. The van der Waals surface area contributed by atoms with Crippen molar-refractivity contribution in [1.29, 1.82) is 0 Å². The van der Waals surface area contributed by atoms with Crippen LogP contribution in [0.25, 0.3) is 0 Å². The summed E-state index contributed by atoms with van der Waals surface area (Å²) in [6.07, 6.45) is 31.6. The Morgan fingerprint density at radius 3 is 1.77 bits per heavy atom. The van der Waals surface area contributed by atoms with Gasteiger partial charge in [-0.3, -0.25) is 0 Å². The van der Waals surface area contributed by atoms with Crippen molar-refractivity contribution in [3.63, 3.8) is 0 Å². The average molecular weight is 417 g/mol. The number of allylic oxidation sites excluding steroid dienone is 10. The van der Waals surface area contributed by atoms with Crippen LogP contribution in [0.1, 0.15) is 85.0 Å². The van der Waals surface area contributed by atoms with Crippen LogP contribution < -0.4 is 0 Å². The topological polar surface area (TPSA) is 35.5 Å². The maximum Gasteiger partial charge on any atom is 0.335 e. The molecule has 0 aromatic carbocycles. The fourth-order valence-corrected chi connectivity index (χ4v) is 2.73. The third-order valence-electron chi connectivity index (χ3n) is 4.32. The van der Waals surface area contributed by atoms with E-state index >= 15 is 0 Å². The molecule has 170 valence electrons. The van der Waals surface area contributed by atoms with Gasteiger partial charge in [-0.05, 0) is 71.1 Å². The fourth-order valence-electron chi connectivity index (χ4n) is 2.73. The van der Waals surface area contributed by atoms with Crippen LogP contribution in [0, 0.1) is 0 Å². The van der Waals surface area contributed by atoms with Crippen molar-refractivity contribution in [2.24, 2.45) is 0 Å². The van der Waals surface area contributed by atoms with E-state index in [1.54, 1.807) is 0 Å². The van der Waals surface area contributed by atoms with Crippen molar-refractivity contribution in [1.82, 2.24) is 0 Å². The summed E-state index contributed by atoms with van der Waals surface area (Å²) in [5.41, 5.74) is 0. The highest BCUT2D eigenvalue weighted by atomic mass is 16.6. The Bertz CT molecular complexity index is 526. The van der Waals surface area contributed by atoms with Gasteiger partial charge >= 0.3 is 5.97 Å². The first-order valence-corrected chi connectivity index (χ1v) is 11.8. The monoisotopic (exact) mass is 416 g/mol. The number of esters is 1. The zero-order chi connectivity index (χ0) is 22.1. The summed E-state index contributed by atoms with van der Waals surface area (Å²) in [6.45, 7) is 7.05. The van der Waals surface area contributed by atoms with Gasteiger partial charge in [0.25, 0.3) is 0 Å². The largest absolute Gasteiger partial charge is 0.464 e. The summed E-state index contributed by atoms with van der Waals surface area (Å²) in [7, 11) is 0. The maximum absolute atomic E-state index is 11.9. The van der Waals surface area contributed by atoms with E-state index in [0.717, 1.165) is 64.2 Å². The van der Waals surface area contributed by atoms with Gasteiger partial charge in [0.05, 0.1) is 6.61 Å². The van der Waals surface area contributed by atoms with Crippen molar-refractivity contribution in [2.75, 3.05) is 13.2 Å². The third-order valence-corrected chi connectivity index (χ3v) is 4.32. The van der Waals surface area contributed by atoms with E-state index in [1.807, 2.05) is 13.8 Å². The average Bonchev–Trinajstić information content (AvgIpc) is 2.75. The smallest absolute Gasteiger partial charge is 0.335 e. The molecule has 0 rings (SSSR count). The van der Waals surface area contributed by atoms with E-state index in [2.05, 4.69) is 67.7 Å². The predicted octanol–water partition coefficient (Wildman–Crippen LogP) is 7.66. The van der Waals surface area contributed by atoms with Crippen LogP contribution in [0.15, 0.2) is 60.8 Å². The van der Waals surface area contributed by atoms with Crippen molar-refractivity contribution in [3.8, 4) is 0 Å². The van der Waals surface area contributed by atoms with Gasteiger partial charge in [0, 0.05) is 6.61 Å². The minimum Gasteiger partial charge on any atom is -0.464 e. The molecule has 0 saturated heterocycles. The second-order valence-electron chi connectivity index (χ2n) is 7.10. The molecule has 0 aromatic heterocycles. The Morgan fingerprint density at radius 1 is 0.733 bits per heavy atom.